The average molecular weight is 396 g/mol. The summed E-state index contributed by atoms with van der Waals surface area (Å²) in [5, 5.41) is 28.2. The number of nitrogens with zero attached hydrogens (tertiary/aromatic N) is 4. The van der Waals surface area contributed by atoms with Gasteiger partial charge >= 0.3 is 0 Å². The van der Waals surface area contributed by atoms with Crippen LogP contribution in [-0.2, 0) is 20.6 Å². The van der Waals surface area contributed by atoms with E-state index in [9.17, 15) is 10.5 Å². The Hall–Kier alpha value is -3.32. The third-order valence-electron chi connectivity index (χ3n) is 7.04. The van der Waals surface area contributed by atoms with E-state index in [2.05, 4.69) is 24.3 Å². The lowest BCUT2D eigenvalue weighted by molar-refractivity contribution is -0.262. The summed E-state index contributed by atoms with van der Waals surface area (Å²) in [4.78, 5) is 0. The van der Waals surface area contributed by atoms with E-state index in [0.29, 0.717) is 11.1 Å². The van der Waals surface area contributed by atoms with Gasteiger partial charge in [-0.15, -0.1) is 0 Å². The maximum atomic E-state index is 9.23. The molecule has 6 nitrogen and oxygen atoms in total. The predicted molar refractivity (Wildman–Crippen MR) is 108 cm³/mol. The number of azo groups is 1. The Balaban J connectivity index is 1.79. The Morgan fingerprint density at radius 2 is 1.33 bits per heavy atom. The molecule has 4 atom stereocenters. The summed E-state index contributed by atoms with van der Waals surface area (Å²) in [6, 6.07) is 19.2. The second-order valence-corrected chi connectivity index (χ2v) is 7.93. The second-order valence-electron chi connectivity index (χ2n) is 7.93. The van der Waals surface area contributed by atoms with Crippen LogP contribution in [0.3, 0.4) is 0 Å². The Morgan fingerprint density at radius 3 is 1.83 bits per heavy atom. The quantitative estimate of drug-likeness (QED) is 0.572. The van der Waals surface area contributed by atoms with Crippen LogP contribution in [0.25, 0.3) is 0 Å². The van der Waals surface area contributed by atoms with Crippen molar-refractivity contribution >= 4 is 0 Å². The molecule has 2 aromatic rings. The van der Waals surface area contributed by atoms with Crippen molar-refractivity contribution in [2.24, 2.45) is 22.1 Å². The molecule has 0 unspecified atom stereocenters. The van der Waals surface area contributed by atoms with Crippen LogP contribution >= 0.6 is 0 Å². The van der Waals surface area contributed by atoms with Gasteiger partial charge in [-0.1, -0.05) is 36.4 Å². The first-order valence-electron chi connectivity index (χ1n) is 9.86. The van der Waals surface area contributed by atoms with Crippen molar-refractivity contribution in [1.29, 1.82) is 10.5 Å². The van der Waals surface area contributed by atoms with E-state index in [-0.39, 0.29) is 11.8 Å². The smallest absolute Gasteiger partial charge is 0.232 e. The summed E-state index contributed by atoms with van der Waals surface area (Å²) in [5.74, 6) is -1.04. The molecule has 2 aliphatic carbocycles. The van der Waals surface area contributed by atoms with Gasteiger partial charge in [-0.25, -0.2) is 0 Å². The normalized spacial score (nSPS) is 32.0. The van der Waals surface area contributed by atoms with Crippen molar-refractivity contribution in [2.75, 3.05) is 14.2 Å². The number of fused-ring (bicyclic) bond motifs is 5. The van der Waals surface area contributed by atoms with Crippen LogP contribution in [0.15, 0.2) is 70.9 Å². The van der Waals surface area contributed by atoms with E-state index in [4.69, 9.17) is 19.7 Å². The van der Waals surface area contributed by atoms with Gasteiger partial charge in [-0.05, 0) is 41.8 Å². The van der Waals surface area contributed by atoms with E-state index in [1.165, 1.54) is 0 Å². The topological polar surface area (TPSA) is 90.8 Å². The van der Waals surface area contributed by atoms with E-state index in [1.54, 1.807) is 38.5 Å². The van der Waals surface area contributed by atoms with Gasteiger partial charge in [0, 0.05) is 26.1 Å². The van der Waals surface area contributed by atoms with Gasteiger partial charge in [0.1, 0.15) is 0 Å². The lowest BCUT2D eigenvalue weighted by atomic mass is 9.74. The molecular formula is C24H20N4O2. The second kappa shape index (κ2) is 6.34. The number of hydrogen-bond acceptors (Lipinski definition) is 6. The highest BCUT2D eigenvalue weighted by molar-refractivity contribution is 5.50. The monoisotopic (exact) mass is 396 g/mol. The van der Waals surface area contributed by atoms with Gasteiger partial charge in [0.05, 0.1) is 23.3 Å². The average Bonchev–Trinajstić information content (AvgIpc) is 3.46. The molecule has 5 rings (SSSR count). The summed E-state index contributed by atoms with van der Waals surface area (Å²) >= 11 is 0. The van der Waals surface area contributed by atoms with Gasteiger partial charge in [-0.2, -0.15) is 20.8 Å². The minimum atomic E-state index is -1.16. The molecular weight excluding hydrogens is 376 g/mol. The Kier molecular flexibility index (Phi) is 3.95. The number of methoxy groups -OCH3 is 2. The molecule has 1 saturated carbocycles. The van der Waals surface area contributed by atoms with Crippen LogP contribution in [0.4, 0.5) is 0 Å². The summed E-state index contributed by atoms with van der Waals surface area (Å²) in [6.45, 7) is 0. The van der Waals surface area contributed by atoms with Gasteiger partial charge in [0.2, 0.25) is 5.79 Å². The van der Waals surface area contributed by atoms with Gasteiger partial charge in [-0.3, -0.25) is 0 Å². The molecule has 2 bridgehead atoms. The first-order chi connectivity index (χ1) is 14.6. The molecule has 0 N–H and O–H groups in total. The van der Waals surface area contributed by atoms with Gasteiger partial charge < -0.3 is 9.47 Å². The molecule has 30 heavy (non-hydrogen) atoms. The van der Waals surface area contributed by atoms with Crippen molar-refractivity contribution in [2.45, 2.75) is 23.3 Å². The van der Waals surface area contributed by atoms with Crippen molar-refractivity contribution in [3.8, 4) is 12.1 Å². The fourth-order valence-electron chi connectivity index (χ4n) is 5.90. The molecule has 0 saturated heterocycles. The van der Waals surface area contributed by atoms with Crippen LogP contribution in [0, 0.1) is 34.5 Å². The summed E-state index contributed by atoms with van der Waals surface area (Å²) in [7, 11) is 3.28. The number of benzene rings is 2. The van der Waals surface area contributed by atoms with Crippen molar-refractivity contribution in [1.82, 2.24) is 0 Å². The fourth-order valence-corrected chi connectivity index (χ4v) is 5.90. The number of nitriles is 2. The third-order valence-corrected chi connectivity index (χ3v) is 7.04. The SMILES string of the molecule is COC1(OC)[C@]2(c3ccc(C#N)cc3)N=N[C@@]1(c1ccc(C#N)cc1)[C@H]1CC=C[C@H]12. The zero-order valence-corrected chi connectivity index (χ0v) is 16.7. The lowest BCUT2D eigenvalue weighted by Crippen LogP contribution is -2.58. The molecule has 1 fully saturated rings. The maximum absolute atomic E-state index is 9.23. The highest BCUT2D eigenvalue weighted by Gasteiger charge is 2.83. The Labute approximate surface area is 175 Å². The molecule has 0 aromatic heterocycles. The first-order valence-corrected chi connectivity index (χ1v) is 9.86. The zero-order valence-electron chi connectivity index (χ0n) is 16.7. The number of allylic oxidation sites excluding steroid dienone is 1. The third kappa shape index (κ3) is 1.89. The highest BCUT2D eigenvalue weighted by atomic mass is 16.7. The van der Waals surface area contributed by atoms with Crippen LogP contribution < -0.4 is 0 Å². The standard InChI is InChI=1S/C24H20N4O2/c1-29-24(30-2)22(18-10-6-16(14-25)7-11-18)20-4-3-5-21(20)23(24,28-27-22)19-12-8-17(15-26)9-13-19/h3-4,6-13,20-21H,5H2,1-2H3/t20-,21+,22-,23+/m1/s1. The van der Waals surface area contributed by atoms with E-state index >= 15 is 0 Å². The molecule has 0 radical (unpaired) electrons. The number of ether oxygens (including phenoxy) is 2. The van der Waals surface area contributed by atoms with Gasteiger partial charge in [0.25, 0.3) is 0 Å². The fraction of sp³-hybridized carbons (Fsp3) is 0.333. The Morgan fingerprint density at radius 1 is 0.833 bits per heavy atom. The van der Waals surface area contributed by atoms with E-state index < -0.39 is 16.9 Å². The summed E-state index contributed by atoms with van der Waals surface area (Å²) < 4.78 is 12.5. The summed E-state index contributed by atoms with van der Waals surface area (Å²) in [5.41, 5.74) is 1.26. The van der Waals surface area contributed by atoms with Crippen LogP contribution in [0.1, 0.15) is 28.7 Å². The minimum Gasteiger partial charge on any atom is -0.348 e. The number of rotatable bonds is 4. The van der Waals surface area contributed by atoms with Crippen LogP contribution in [0.5, 0.6) is 0 Å². The minimum absolute atomic E-state index is 0.0264. The van der Waals surface area contributed by atoms with Crippen molar-refractivity contribution < 1.29 is 9.47 Å². The first kappa shape index (κ1) is 18.7. The lowest BCUT2D eigenvalue weighted by Gasteiger charge is -2.43. The molecule has 0 spiro atoms. The van der Waals surface area contributed by atoms with E-state index in [0.717, 1.165) is 17.5 Å². The zero-order chi connectivity index (χ0) is 21.0. The van der Waals surface area contributed by atoms with Crippen LogP contribution in [0.2, 0.25) is 0 Å². The Bertz CT molecular complexity index is 1140. The molecule has 148 valence electrons. The van der Waals surface area contributed by atoms with Crippen molar-refractivity contribution in [3.05, 3.63) is 82.9 Å². The van der Waals surface area contributed by atoms with Gasteiger partial charge in [0.15, 0.2) is 11.1 Å². The summed E-state index contributed by atoms with van der Waals surface area (Å²) in [6.07, 6.45) is 5.20. The predicted octanol–water partition coefficient (Wildman–Crippen LogP) is 4.18. The van der Waals surface area contributed by atoms with E-state index in [1.807, 2.05) is 24.3 Å². The van der Waals surface area contributed by atoms with Crippen LogP contribution in [-0.4, -0.2) is 20.0 Å². The molecule has 0 amide bonds. The molecule has 6 heteroatoms. The number of hydrogen-bond donors (Lipinski definition) is 0. The molecule has 1 aliphatic heterocycles. The maximum Gasteiger partial charge on any atom is 0.232 e. The molecule has 1 heterocycles. The largest absolute Gasteiger partial charge is 0.348 e. The molecule has 2 aromatic carbocycles. The highest BCUT2D eigenvalue weighted by Crippen LogP contribution is 2.73. The molecule has 3 aliphatic rings. The van der Waals surface area contributed by atoms with Crippen molar-refractivity contribution in [3.63, 3.8) is 0 Å².